The number of aliphatic hydroxyl groups excluding tert-OH is 1. The molecule has 32 heavy (non-hydrogen) atoms. The molecule has 1 saturated carbocycles. The van der Waals surface area contributed by atoms with Gasteiger partial charge in [0.2, 0.25) is 5.91 Å². The molecule has 0 spiro atoms. The summed E-state index contributed by atoms with van der Waals surface area (Å²) in [7, 11) is 0. The van der Waals surface area contributed by atoms with Gasteiger partial charge in [-0.3, -0.25) is 9.78 Å². The number of halogens is 5. The molecule has 0 aromatic carbocycles. The van der Waals surface area contributed by atoms with Gasteiger partial charge in [-0.25, -0.2) is 0 Å². The second-order valence-corrected chi connectivity index (χ2v) is 10.3. The molecule has 2 N–H and O–H groups in total. The molecule has 3 rings (SSSR count). The molecule has 5 atom stereocenters. The maximum atomic E-state index is 13.2. The van der Waals surface area contributed by atoms with E-state index in [0.717, 1.165) is 6.42 Å². The van der Waals surface area contributed by atoms with Gasteiger partial charge in [-0.05, 0) is 57.8 Å². The quantitative estimate of drug-likeness (QED) is 0.631. The minimum atomic E-state index is -4.64. The van der Waals surface area contributed by atoms with Crippen molar-refractivity contribution < 1.29 is 28.2 Å². The topological polar surface area (TPSA) is 73.7 Å². The number of carbonyl (C=O) groups excluding carboxylic acids is 1. The van der Waals surface area contributed by atoms with Gasteiger partial charge >= 0.3 is 6.18 Å². The van der Waals surface area contributed by atoms with E-state index < -0.39 is 23.8 Å². The first-order valence-corrected chi connectivity index (χ1v) is 11.6. The van der Waals surface area contributed by atoms with Crippen molar-refractivity contribution in [3.63, 3.8) is 0 Å². The number of hydrogen-bond acceptors (Lipinski definition) is 4. The van der Waals surface area contributed by atoms with Crippen LogP contribution in [0.25, 0.3) is 0 Å². The summed E-state index contributed by atoms with van der Waals surface area (Å²) in [6, 6.07) is -0.266. The average Bonchev–Trinajstić information content (AvgIpc) is 2.68. The molecule has 2 aliphatic rings. The van der Waals surface area contributed by atoms with E-state index in [1.165, 1.54) is 20.0 Å². The zero-order chi connectivity index (χ0) is 24.0. The van der Waals surface area contributed by atoms with Crippen LogP contribution in [-0.4, -0.2) is 50.9 Å². The Hall–Kier alpha value is -1.09. The first-order chi connectivity index (χ1) is 14.7. The summed E-state index contributed by atoms with van der Waals surface area (Å²) in [5.41, 5.74) is -0.732. The standard InChI is InChI=1S/C22H29Cl2F3N2O3/c1-11-12-5-4-6-14(20(31)22(25,26)27)13(12)7-8-29(11)17(30)9-15-16(23)10-28-19(18(15)24)21(2,3)32/h10-14,20,31-32H,4-9H2,1-3H3/t11-,12+,13+,14+,20?/m0/s1. The Balaban J connectivity index is 1.78. The first-order valence-electron chi connectivity index (χ1n) is 10.8. The fourth-order valence-corrected chi connectivity index (χ4v) is 6.12. The van der Waals surface area contributed by atoms with Gasteiger partial charge in [-0.15, -0.1) is 0 Å². The number of hydrogen-bond donors (Lipinski definition) is 2. The molecule has 1 aromatic rings. The minimum Gasteiger partial charge on any atom is -0.384 e. The summed E-state index contributed by atoms with van der Waals surface area (Å²) >= 11 is 12.7. The highest BCUT2D eigenvalue weighted by molar-refractivity contribution is 6.36. The zero-order valence-corrected chi connectivity index (χ0v) is 19.8. The number of aromatic nitrogens is 1. The third-order valence-electron chi connectivity index (χ3n) is 7.03. The number of pyridine rings is 1. The number of likely N-dealkylation sites (tertiary alicyclic amines) is 1. The van der Waals surface area contributed by atoms with Gasteiger partial charge in [-0.1, -0.05) is 29.6 Å². The molecule has 1 aliphatic heterocycles. The first kappa shape index (κ1) is 25.5. The van der Waals surface area contributed by atoms with Gasteiger partial charge in [0.15, 0.2) is 6.10 Å². The normalized spacial score (nSPS) is 27.8. The summed E-state index contributed by atoms with van der Waals surface area (Å²) in [6.45, 7) is 5.22. The van der Waals surface area contributed by atoms with E-state index in [1.54, 1.807) is 4.90 Å². The molecule has 1 aromatic heterocycles. The number of alkyl halides is 3. The smallest absolute Gasteiger partial charge is 0.384 e. The highest BCUT2D eigenvalue weighted by Gasteiger charge is 2.51. The van der Waals surface area contributed by atoms with Crippen molar-refractivity contribution in [1.82, 2.24) is 9.88 Å². The van der Waals surface area contributed by atoms with E-state index >= 15 is 0 Å². The molecule has 2 heterocycles. The number of amides is 1. The number of carbonyl (C=O) groups is 1. The highest BCUT2D eigenvalue weighted by Crippen LogP contribution is 2.47. The van der Waals surface area contributed by atoms with E-state index in [9.17, 15) is 28.2 Å². The van der Waals surface area contributed by atoms with Gasteiger partial charge < -0.3 is 15.1 Å². The summed E-state index contributed by atoms with van der Waals surface area (Å²) in [5, 5.41) is 20.5. The lowest BCUT2D eigenvalue weighted by Crippen LogP contribution is -2.55. The molecule has 1 amide bonds. The van der Waals surface area contributed by atoms with Crippen LogP contribution >= 0.6 is 23.2 Å². The van der Waals surface area contributed by atoms with Crippen LogP contribution in [0.15, 0.2) is 6.20 Å². The van der Waals surface area contributed by atoms with E-state index in [-0.39, 0.29) is 45.9 Å². The van der Waals surface area contributed by atoms with Gasteiger partial charge in [-0.2, -0.15) is 13.2 Å². The second kappa shape index (κ2) is 9.28. The Morgan fingerprint density at radius 3 is 2.50 bits per heavy atom. The number of fused-ring (bicyclic) bond motifs is 1. The fourth-order valence-electron chi connectivity index (χ4n) is 5.42. The van der Waals surface area contributed by atoms with Gasteiger partial charge in [0.05, 0.1) is 22.2 Å². The number of nitrogens with zero attached hydrogens (tertiary/aromatic N) is 2. The van der Waals surface area contributed by atoms with Crippen molar-refractivity contribution in [1.29, 1.82) is 0 Å². The van der Waals surface area contributed by atoms with E-state index in [2.05, 4.69) is 4.98 Å². The number of rotatable bonds is 4. The number of aliphatic hydroxyl groups is 2. The molecule has 0 radical (unpaired) electrons. The van der Waals surface area contributed by atoms with Gasteiger partial charge in [0.1, 0.15) is 5.60 Å². The molecule has 0 bridgehead atoms. The molecular formula is C22H29Cl2F3N2O3. The fraction of sp³-hybridized carbons (Fsp3) is 0.727. The lowest BCUT2D eigenvalue weighted by Gasteiger charge is -2.50. The predicted octanol–water partition coefficient (Wildman–Crippen LogP) is 4.73. The predicted molar refractivity (Wildman–Crippen MR) is 115 cm³/mol. The van der Waals surface area contributed by atoms with Crippen LogP contribution in [-0.2, 0) is 16.8 Å². The second-order valence-electron chi connectivity index (χ2n) is 9.51. The third kappa shape index (κ3) is 5.03. The van der Waals surface area contributed by atoms with Crippen LogP contribution in [0, 0.1) is 17.8 Å². The van der Waals surface area contributed by atoms with Crippen molar-refractivity contribution in [3.8, 4) is 0 Å². The Morgan fingerprint density at radius 2 is 1.91 bits per heavy atom. The molecule has 10 heteroatoms. The zero-order valence-electron chi connectivity index (χ0n) is 18.3. The molecule has 1 unspecified atom stereocenters. The SMILES string of the molecule is C[C@H]1[C@H]2CCC[C@@H](C(O)C(F)(F)F)[C@@H]2CCN1C(=O)Cc1c(Cl)cnc(C(C)(C)O)c1Cl. The van der Waals surface area contributed by atoms with Crippen LogP contribution in [0.1, 0.15) is 57.7 Å². The molecule has 2 fully saturated rings. The van der Waals surface area contributed by atoms with E-state index in [1.807, 2.05) is 6.92 Å². The van der Waals surface area contributed by atoms with Crippen molar-refractivity contribution in [2.75, 3.05) is 6.54 Å². The summed E-state index contributed by atoms with van der Waals surface area (Å²) in [5.74, 6) is -1.47. The third-order valence-corrected chi connectivity index (χ3v) is 7.76. The Bertz CT molecular complexity index is 860. The molecule has 5 nitrogen and oxygen atoms in total. The minimum absolute atomic E-state index is 0.0976. The van der Waals surface area contributed by atoms with Crippen LogP contribution in [0.5, 0.6) is 0 Å². The summed E-state index contributed by atoms with van der Waals surface area (Å²) < 4.78 is 39.5. The molecule has 1 saturated heterocycles. The highest BCUT2D eigenvalue weighted by atomic mass is 35.5. The Labute approximate surface area is 195 Å². The lowest BCUT2D eigenvalue weighted by molar-refractivity contribution is -0.233. The van der Waals surface area contributed by atoms with E-state index in [0.29, 0.717) is 31.4 Å². The molecule has 180 valence electrons. The van der Waals surface area contributed by atoms with Gasteiger partial charge in [0.25, 0.3) is 0 Å². The largest absolute Gasteiger partial charge is 0.414 e. The lowest BCUT2D eigenvalue weighted by atomic mass is 9.64. The summed E-state index contributed by atoms with van der Waals surface area (Å²) in [6.07, 6.45) is -3.67. The van der Waals surface area contributed by atoms with Gasteiger partial charge in [0, 0.05) is 24.3 Å². The van der Waals surface area contributed by atoms with Crippen LogP contribution in [0.2, 0.25) is 10.0 Å². The van der Waals surface area contributed by atoms with Crippen molar-refractivity contribution in [2.45, 2.75) is 76.8 Å². The number of piperidine rings is 1. The summed E-state index contributed by atoms with van der Waals surface area (Å²) in [4.78, 5) is 19.0. The van der Waals surface area contributed by atoms with Crippen LogP contribution in [0.3, 0.4) is 0 Å². The van der Waals surface area contributed by atoms with Crippen molar-refractivity contribution >= 4 is 29.1 Å². The van der Waals surface area contributed by atoms with E-state index in [4.69, 9.17) is 23.2 Å². The average molecular weight is 497 g/mol. The monoisotopic (exact) mass is 496 g/mol. The van der Waals surface area contributed by atoms with Crippen molar-refractivity contribution in [3.05, 3.63) is 27.5 Å². The molecular weight excluding hydrogens is 468 g/mol. The maximum Gasteiger partial charge on any atom is 0.414 e. The Kier molecular flexibility index (Phi) is 7.40. The maximum absolute atomic E-state index is 13.2. The Morgan fingerprint density at radius 1 is 1.25 bits per heavy atom. The molecule has 1 aliphatic carbocycles. The van der Waals surface area contributed by atoms with Crippen LogP contribution < -0.4 is 0 Å². The van der Waals surface area contributed by atoms with Crippen molar-refractivity contribution in [2.24, 2.45) is 17.8 Å². The van der Waals surface area contributed by atoms with Crippen LogP contribution in [0.4, 0.5) is 13.2 Å².